The first-order valence-corrected chi connectivity index (χ1v) is 8.74. The fourth-order valence-electron chi connectivity index (χ4n) is 3.81. The van der Waals surface area contributed by atoms with Crippen LogP contribution < -0.4 is 5.73 Å². The molecule has 2 heteroatoms. The van der Waals surface area contributed by atoms with Gasteiger partial charge in [0.2, 0.25) is 0 Å². The summed E-state index contributed by atoms with van der Waals surface area (Å²) in [6.45, 7) is 6.98. The highest BCUT2D eigenvalue weighted by Crippen LogP contribution is 2.41. The number of rotatable bonds is 4. The first kappa shape index (κ1) is 15.1. The van der Waals surface area contributed by atoms with Crippen LogP contribution >= 0.6 is 0 Å². The highest BCUT2D eigenvalue weighted by Gasteiger charge is 2.30. The van der Waals surface area contributed by atoms with Gasteiger partial charge in [-0.2, -0.15) is 0 Å². The van der Waals surface area contributed by atoms with Gasteiger partial charge in [0.05, 0.1) is 0 Å². The lowest BCUT2D eigenvalue weighted by Crippen LogP contribution is -2.41. The van der Waals surface area contributed by atoms with Gasteiger partial charge in [-0.3, -0.25) is 4.90 Å². The highest BCUT2D eigenvalue weighted by molar-refractivity contribution is 5.32. The Morgan fingerprint density at radius 3 is 2.62 bits per heavy atom. The van der Waals surface area contributed by atoms with Crippen LogP contribution in [0.15, 0.2) is 24.3 Å². The summed E-state index contributed by atoms with van der Waals surface area (Å²) in [6, 6.07) is 9.98. The molecule has 1 aromatic carbocycles. The van der Waals surface area contributed by atoms with Gasteiger partial charge in [-0.15, -0.1) is 0 Å². The first-order valence-electron chi connectivity index (χ1n) is 8.74. The second-order valence-corrected chi connectivity index (χ2v) is 7.44. The molecule has 1 heterocycles. The molecule has 116 valence electrons. The Bertz CT molecular complexity index is 464. The molecule has 3 rings (SSSR count). The smallest absolute Gasteiger partial charge is 0.0499 e. The van der Waals surface area contributed by atoms with E-state index in [9.17, 15) is 0 Å². The average Bonchev–Trinajstić information content (AvgIpc) is 3.27. The maximum Gasteiger partial charge on any atom is 0.0499 e. The largest absolute Gasteiger partial charge is 0.326 e. The monoisotopic (exact) mass is 286 g/mol. The van der Waals surface area contributed by atoms with Crippen molar-refractivity contribution >= 4 is 0 Å². The number of benzene rings is 1. The molecule has 2 N–H and O–H groups in total. The summed E-state index contributed by atoms with van der Waals surface area (Å²) in [5.41, 5.74) is 9.57. The molecule has 0 aromatic heterocycles. The summed E-state index contributed by atoms with van der Waals surface area (Å²) >= 11 is 0. The Hall–Kier alpha value is -0.860. The molecule has 2 fully saturated rings. The van der Waals surface area contributed by atoms with E-state index in [0.717, 1.165) is 18.9 Å². The van der Waals surface area contributed by atoms with Crippen LogP contribution in [0.4, 0.5) is 0 Å². The Kier molecular flexibility index (Phi) is 4.66. The van der Waals surface area contributed by atoms with Crippen LogP contribution in [-0.2, 0) is 0 Å². The second-order valence-electron chi connectivity index (χ2n) is 7.44. The molecule has 1 aliphatic heterocycles. The van der Waals surface area contributed by atoms with E-state index in [1.807, 2.05) is 0 Å². The van der Waals surface area contributed by atoms with Gasteiger partial charge in [0.1, 0.15) is 0 Å². The predicted octanol–water partition coefficient (Wildman–Crippen LogP) is 4.07. The third-order valence-electron chi connectivity index (χ3n) is 4.93. The lowest BCUT2D eigenvalue weighted by Gasteiger charge is -2.35. The summed E-state index contributed by atoms with van der Waals surface area (Å²) in [5.74, 6) is 1.52. The van der Waals surface area contributed by atoms with E-state index in [1.54, 1.807) is 0 Å². The van der Waals surface area contributed by atoms with Crippen molar-refractivity contribution in [3.63, 3.8) is 0 Å². The van der Waals surface area contributed by atoms with E-state index in [0.29, 0.717) is 12.0 Å². The molecule has 0 amide bonds. The first-order chi connectivity index (χ1) is 10.1. The quantitative estimate of drug-likeness (QED) is 0.904. The van der Waals surface area contributed by atoms with Gasteiger partial charge in [0.25, 0.3) is 0 Å². The van der Waals surface area contributed by atoms with E-state index in [1.165, 1.54) is 43.4 Å². The van der Waals surface area contributed by atoms with E-state index < -0.39 is 0 Å². The zero-order valence-corrected chi connectivity index (χ0v) is 13.6. The molecule has 1 saturated carbocycles. The average molecular weight is 286 g/mol. The number of nitrogens with zero attached hydrogens (tertiary/aromatic N) is 1. The van der Waals surface area contributed by atoms with Crippen molar-refractivity contribution < 1.29 is 0 Å². The Morgan fingerprint density at radius 1 is 1.14 bits per heavy atom. The third kappa shape index (κ3) is 3.67. The number of nitrogens with two attached hydrogens (primary N) is 1. The van der Waals surface area contributed by atoms with E-state index in [2.05, 4.69) is 43.0 Å². The van der Waals surface area contributed by atoms with Crippen LogP contribution in [0.5, 0.6) is 0 Å². The summed E-state index contributed by atoms with van der Waals surface area (Å²) in [4.78, 5) is 2.65. The molecule has 1 saturated heterocycles. The molecule has 0 bridgehead atoms. The Labute approximate surface area is 129 Å². The summed E-state index contributed by atoms with van der Waals surface area (Å²) < 4.78 is 0. The third-order valence-corrected chi connectivity index (χ3v) is 4.93. The standard InChI is InChI=1S/C19H30N2/c1-14(2)13-21-11-4-3-8-18(20)19(21)17-7-5-6-16(12-17)15-9-10-15/h5-7,12,14-15,18-19H,3-4,8-11,13,20H2,1-2H3. The van der Waals surface area contributed by atoms with Crippen LogP contribution in [0.2, 0.25) is 0 Å². The topological polar surface area (TPSA) is 29.3 Å². The van der Waals surface area contributed by atoms with Crippen LogP contribution in [0.1, 0.15) is 69.0 Å². The van der Waals surface area contributed by atoms with Crippen molar-refractivity contribution in [2.75, 3.05) is 13.1 Å². The predicted molar refractivity (Wildman–Crippen MR) is 89.4 cm³/mol. The molecule has 2 nitrogen and oxygen atoms in total. The minimum absolute atomic E-state index is 0.278. The van der Waals surface area contributed by atoms with Crippen LogP contribution in [0.25, 0.3) is 0 Å². The SMILES string of the molecule is CC(C)CN1CCCCC(N)C1c1cccc(C2CC2)c1. The molecule has 0 spiro atoms. The van der Waals surface area contributed by atoms with E-state index >= 15 is 0 Å². The van der Waals surface area contributed by atoms with Crippen molar-refractivity contribution in [1.29, 1.82) is 0 Å². The van der Waals surface area contributed by atoms with Crippen LogP contribution in [-0.4, -0.2) is 24.0 Å². The molecule has 0 radical (unpaired) electrons. The van der Waals surface area contributed by atoms with Crippen molar-refractivity contribution in [2.45, 2.75) is 64.0 Å². The Morgan fingerprint density at radius 2 is 1.90 bits per heavy atom. The minimum atomic E-state index is 0.278. The molecule has 21 heavy (non-hydrogen) atoms. The normalized spacial score (nSPS) is 27.8. The summed E-state index contributed by atoms with van der Waals surface area (Å²) in [7, 11) is 0. The van der Waals surface area contributed by atoms with E-state index in [-0.39, 0.29) is 6.04 Å². The zero-order valence-electron chi connectivity index (χ0n) is 13.6. The summed E-state index contributed by atoms with van der Waals surface area (Å²) in [5, 5.41) is 0. The lowest BCUT2D eigenvalue weighted by atomic mass is 9.93. The van der Waals surface area contributed by atoms with Gasteiger partial charge < -0.3 is 5.73 Å². The highest BCUT2D eigenvalue weighted by atomic mass is 15.2. The number of hydrogen-bond acceptors (Lipinski definition) is 2. The maximum atomic E-state index is 6.58. The van der Waals surface area contributed by atoms with Gasteiger partial charge in [0.15, 0.2) is 0 Å². The van der Waals surface area contributed by atoms with Gasteiger partial charge in [-0.1, -0.05) is 44.5 Å². The number of hydrogen-bond donors (Lipinski definition) is 1. The second kappa shape index (κ2) is 6.50. The molecule has 1 aromatic rings. The summed E-state index contributed by atoms with van der Waals surface area (Å²) in [6.07, 6.45) is 6.46. The van der Waals surface area contributed by atoms with Crippen LogP contribution in [0, 0.1) is 5.92 Å². The minimum Gasteiger partial charge on any atom is -0.326 e. The van der Waals surface area contributed by atoms with Crippen LogP contribution in [0.3, 0.4) is 0 Å². The van der Waals surface area contributed by atoms with E-state index in [4.69, 9.17) is 5.73 Å². The number of likely N-dealkylation sites (tertiary alicyclic amines) is 1. The van der Waals surface area contributed by atoms with Gasteiger partial charge in [-0.05, 0) is 55.2 Å². The molecule has 2 atom stereocenters. The van der Waals surface area contributed by atoms with Gasteiger partial charge in [0, 0.05) is 18.6 Å². The maximum absolute atomic E-state index is 6.58. The zero-order chi connectivity index (χ0) is 14.8. The molecular weight excluding hydrogens is 256 g/mol. The van der Waals surface area contributed by atoms with Gasteiger partial charge >= 0.3 is 0 Å². The fraction of sp³-hybridized carbons (Fsp3) is 0.684. The molecular formula is C19H30N2. The van der Waals surface area contributed by atoms with Crippen molar-refractivity contribution in [2.24, 2.45) is 11.7 Å². The van der Waals surface area contributed by atoms with Crippen molar-refractivity contribution in [1.82, 2.24) is 4.90 Å². The molecule has 1 aliphatic carbocycles. The van der Waals surface area contributed by atoms with Gasteiger partial charge in [-0.25, -0.2) is 0 Å². The lowest BCUT2D eigenvalue weighted by molar-refractivity contribution is 0.165. The van der Waals surface area contributed by atoms with Crippen molar-refractivity contribution in [3.05, 3.63) is 35.4 Å². The Balaban J connectivity index is 1.87. The molecule has 2 aliphatic rings. The fourth-order valence-corrected chi connectivity index (χ4v) is 3.81. The van der Waals surface area contributed by atoms with Crippen molar-refractivity contribution in [3.8, 4) is 0 Å². The molecule has 2 unspecified atom stereocenters.